The largest absolute Gasteiger partial charge is 0.374 e. The molecule has 0 spiro atoms. The van der Waals surface area contributed by atoms with Crippen molar-refractivity contribution in [3.05, 3.63) is 47.0 Å². The van der Waals surface area contributed by atoms with Gasteiger partial charge in [0.05, 0.1) is 17.9 Å². The number of aromatic amines is 1. The Morgan fingerprint density at radius 2 is 2.00 bits per heavy atom. The van der Waals surface area contributed by atoms with Gasteiger partial charge in [-0.05, 0) is 23.8 Å². The molecule has 6 nitrogen and oxygen atoms in total. The SMILES string of the molecule is Cn1cc(-c2ccc3c(c2)NCC(=O)N3)c2cc[nH]c2c1=O. The summed E-state index contributed by atoms with van der Waals surface area (Å²) in [5.41, 5.74) is 4.17. The van der Waals surface area contributed by atoms with Crippen LogP contribution in [0.15, 0.2) is 41.5 Å². The Morgan fingerprint density at radius 3 is 2.86 bits per heavy atom. The summed E-state index contributed by atoms with van der Waals surface area (Å²) in [6, 6.07) is 7.71. The van der Waals surface area contributed by atoms with Gasteiger partial charge in [0.2, 0.25) is 5.91 Å². The van der Waals surface area contributed by atoms with Crippen molar-refractivity contribution >= 4 is 28.2 Å². The van der Waals surface area contributed by atoms with E-state index in [1.54, 1.807) is 17.8 Å². The molecule has 0 bridgehead atoms. The number of carbonyl (C=O) groups is 1. The lowest BCUT2D eigenvalue weighted by Crippen LogP contribution is -2.27. The first-order chi connectivity index (χ1) is 10.6. The molecule has 0 radical (unpaired) electrons. The molecule has 3 heterocycles. The van der Waals surface area contributed by atoms with E-state index in [0.717, 1.165) is 27.9 Å². The first-order valence-corrected chi connectivity index (χ1v) is 6.98. The highest BCUT2D eigenvalue weighted by molar-refractivity contribution is 6.02. The van der Waals surface area contributed by atoms with E-state index < -0.39 is 0 Å². The lowest BCUT2D eigenvalue weighted by molar-refractivity contribution is -0.114. The third kappa shape index (κ3) is 1.81. The number of benzene rings is 1. The molecule has 110 valence electrons. The number of hydrogen-bond donors (Lipinski definition) is 3. The van der Waals surface area contributed by atoms with Crippen molar-refractivity contribution in [2.45, 2.75) is 0 Å². The smallest absolute Gasteiger partial charge is 0.274 e. The number of nitrogens with zero attached hydrogens (tertiary/aromatic N) is 1. The van der Waals surface area contributed by atoms with E-state index in [1.807, 2.05) is 30.5 Å². The molecule has 0 atom stereocenters. The van der Waals surface area contributed by atoms with Gasteiger partial charge in [0.25, 0.3) is 5.56 Å². The number of fused-ring (bicyclic) bond motifs is 2. The number of aromatic nitrogens is 2. The molecular weight excluding hydrogens is 280 g/mol. The molecule has 0 saturated heterocycles. The first kappa shape index (κ1) is 12.7. The monoisotopic (exact) mass is 294 g/mol. The van der Waals surface area contributed by atoms with E-state index in [2.05, 4.69) is 15.6 Å². The highest BCUT2D eigenvalue weighted by Gasteiger charge is 2.16. The quantitative estimate of drug-likeness (QED) is 0.641. The molecule has 0 aliphatic carbocycles. The molecule has 22 heavy (non-hydrogen) atoms. The molecule has 0 saturated carbocycles. The van der Waals surface area contributed by atoms with Crippen LogP contribution in [0.4, 0.5) is 11.4 Å². The zero-order valence-electron chi connectivity index (χ0n) is 11.9. The van der Waals surface area contributed by atoms with E-state index in [-0.39, 0.29) is 18.0 Å². The fourth-order valence-corrected chi connectivity index (χ4v) is 2.84. The summed E-state index contributed by atoms with van der Waals surface area (Å²) in [6.45, 7) is 0.267. The summed E-state index contributed by atoms with van der Waals surface area (Å²) in [5, 5.41) is 6.82. The van der Waals surface area contributed by atoms with Crippen LogP contribution in [0.5, 0.6) is 0 Å². The molecule has 6 heteroatoms. The van der Waals surface area contributed by atoms with Crippen LogP contribution in [-0.4, -0.2) is 22.0 Å². The van der Waals surface area contributed by atoms with Gasteiger partial charge in [0.1, 0.15) is 5.52 Å². The fourth-order valence-electron chi connectivity index (χ4n) is 2.84. The van der Waals surface area contributed by atoms with Crippen molar-refractivity contribution in [1.82, 2.24) is 9.55 Å². The lowest BCUT2D eigenvalue weighted by atomic mass is 10.0. The number of amides is 1. The molecule has 1 amide bonds. The minimum atomic E-state index is -0.0490. The van der Waals surface area contributed by atoms with Crippen LogP contribution in [0.25, 0.3) is 22.0 Å². The van der Waals surface area contributed by atoms with Gasteiger partial charge >= 0.3 is 0 Å². The van der Waals surface area contributed by atoms with Gasteiger partial charge < -0.3 is 20.2 Å². The number of anilines is 2. The number of hydrogen-bond acceptors (Lipinski definition) is 3. The second-order valence-electron chi connectivity index (χ2n) is 5.39. The molecule has 3 aromatic rings. The zero-order valence-corrected chi connectivity index (χ0v) is 11.9. The summed E-state index contributed by atoms with van der Waals surface area (Å²) < 4.78 is 1.57. The maximum absolute atomic E-state index is 12.1. The average Bonchev–Trinajstić information content (AvgIpc) is 3.00. The highest BCUT2D eigenvalue weighted by atomic mass is 16.2. The van der Waals surface area contributed by atoms with Gasteiger partial charge in [0, 0.05) is 30.4 Å². The highest BCUT2D eigenvalue weighted by Crippen LogP contribution is 2.33. The third-order valence-electron chi connectivity index (χ3n) is 3.94. The molecule has 1 aliphatic heterocycles. The van der Waals surface area contributed by atoms with Crippen molar-refractivity contribution in [2.75, 3.05) is 17.2 Å². The minimum absolute atomic E-state index is 0.0459. The maximum Gasteiger partial charge on any atom is 0.274 e. The van der Waals surface area contributed by atoms with Crippen LogP contribution in [0.2, 0.25) is 0 Å². The molecule has 0 unspecified atom stereocenters. The summed E-state index contributed by atoms with van der Waals surface area (Å²) in [7, 11) is 1.74. The number of H-pyrrole nitrogens is 1. The number of carbonyl (C=O) groups excluding carboxylic acids is 1. The number of aryl methyl sites for hydroxylation is 1. The van der Waals surface area contributed by atoms with Gasteiger partial charge in [-0.25, -0.2) is 0 Å². The molecule has 4 rings (SSSR count). The van der Waals surface area contributed by atoms with Crippen LogP contribution in [0.3, 0.4) is 0 Å². The average molecular weight is 294 g/mol. The Morgan fingerprint density at radius 1 is 1.14 bits per heavy atom. The number of nitrogens with one attached hydrogen (secondary N) is 3. The number of rotatable bonds is 1. The van der Waals surface area contributed by atoms with Crippen LogP contribution >= 0.6 is 0 Å². The normalized spacial score (nSPS) is 13.6. The van der Waals surface area contributed by atoms with E-state index in [4.69, 9.17) is 0 Å². The maximum atomic E-state index is 12.1. The molecule has 3 N–H and O–H groups in total. The van der Waals surface area contributed by atoms with Crippen molar-refractivity contribution in [3.8, 4) is 11.1 Å². The molecule has 1 aromatic carbocycles. The van der Waals surface area contributed by atoms with Gasteiger partial charge in [-0.3, -0.25) is 9.59 Å². The Kier molecular flexibility index (Phi) is 2.59. The summed E-state index contributed by atoms with van der Waals surface area (Å²) >= 11 is 0. The van der Waals surface area contributed by atoms with Crippen LogP contribution < -0.4 is 16.2 Å². The molecular formula is C16H14N4O2. The number of pyridine rings is 1. The van der Waals surface area contributed by atoms with E-state index in [9.17, 15) is 9.59 Å². The molecule has 0 fully saturated rings. The van der Waals surface area contributed by atoms with Crippen molar-refractivity contribution in [1.29, 1.82) is 0 Å². The van der Waals surface area contributed by atoms with Crippen LogP contribution in [0, 0.1) is 0 Å². The first-order valence-electron chi connectivity index (χ1n) is 6.98. The second-order valence-corrected chi connectivity index (χ2v) is 5.39. The predicted octanol–water partition coefficient (Wildman–Crippen LogP) is 1.90. The second kappa shape index (κ2) is 4.49. The van der Waals surface area contributed by atoms with Gasteiger partial charge in [0.15, 0.2) is 0 Å². The van der Waals surface area contributed by atoms with Crippen molar-refractivity contribution in [3.63, 3.8) is 0 Å². The Balaban J connectivity index is 1.93. The van der Waals surface area contributed by atoms with Crippen LogP contribution in [-0.2, 0) is 11.8 Å². The zero-order chi connectivity index (χ0) is 15.3. The Bertz CT molecular complexity index is 968. The lowest BCUT2D eigenvalue weighted by Gasteiger charge is -2.19. The minimum Gasteiger partial charge on any atom is -0.374 e. The van der Waals surface area contributed by atoms with Gasteiger partial charge in [-0.1, -0.05) is 6.07 Å². The topological polar surface area (TPSA) is 78.9 Å². The van der Waals surface area contributed by atoms with Gasteiger partial charge in [-0.2, -0.15) is 0 Å². The van der Waals surface area contributed by atoms with Crippen molar-refractivity contribution < 1.29 is 4.79 Å². The Labute approximate surface area is 125 Å². The Hall–Kier alpha value is -3.02. The van der Waals surface area contributed by atoms with Crippen molar-refractivity contribution in [2.24, 2.45) is 7.05 Å². The van der Waals surface area contributed by atoms with E-state index >= 15 is 0 Å². The fraction of sp³-hybridized carbons (Fsp3) is 0.125. The summed E-state index contributed by atoms with van der Waals surface area (Å²) in [5.74, 6) is -0.0459. The summed E-state index contributed by atoms with van der Waals surface area (Å²) in [6.07, 6.45) is 3.61. The van der Waals surface area contributed by atoms with E-state index in [0.29, 0.717) is 5.52 Å². The predicted molar refractivity (Wildman–Crippen MR) is 86.1 cm³/mol. The summed E-state index contributed by atoms with van der Waals surface area (Å²) in [4.78, 5) is 26.5. The van der Waals surface area contributed by atoms with E-state index in [1.165, 1.54) is 0 Å². The molecule has 1 aliphatic rings. The third-order valence-corrected chi connectivity index (χ3v) is 3.94. The molecule has 2 aromatic heterocycles. The standard InChI is InChI=1S/C16H14N4O2/c1-20-8-11(10-4-5-17-15(10)16(20)22)9-2-3-12-13(6-9)18-7-14(21)19-12/h2-6,8,17-18H,7H2,1H3,(H,19,21). The van der Waals surface area contributed by atoms with Gasteiger partial charge in [-0.15, -0.1) is 0 Å². The van der Waals surface area contributed by atoms with Crippen LogP contribution in [0.1, 0.15) is 0 Å².